The van der Waals surface area contributed by atoms with Crippen LogP contribution in [0.1, 0.15) is 36.2 Å². The van der Waals surface area contributed by atoms with Gasteiger partial charge in [-0.1, -0.05) is 19.1 Å². The van der Waals surface area contributed by atoms with Crippen LogP contribution in [0.25, 0.3) is 11.0 Å². The molecule has 0 aliphatic heterocycles. The van der Waals surface area contributed by atoms with Gasteiger partial charge < -0.3 is 0 Å². The van der Waals surface area contributed by atoms with Crippen LogP contribution in [0.3, 0.4) is 0 Å². The highest BCUT2D eigenvalue weighted by Crippen LogP contribution is 2.33. The fourth-order valence-corrected chi connectivity index (χ4v) is 4.83. The van der Waals surface area contributed by atoms with Crippen LogP contribution in [0.2, 0.25) is 0 Å². The van der Waals surface area contributed by atoms with Crippen LogP contribution >= 0.6 is 0 Å². The van der Waals surface area contributed by atoms with E-state index in [1.165, 1.54) is 4.31 Å². The Bertz CT molecular complexity index is 999. The lowest BCUT2D eigenvalue weighted by atomic mass is 10.1. The molecule has 8 heteroatoms. The van der Waals surface area contributed by atoms with Gasteiger partial charge in [-0.3, -0.25) is 4.98 Å². The molecule has 2 aromatic heterocycles. The van der Waals surface area contributed by atoms with Gasteiger partial charge >= 0.3 is 0 Å². The van der Waals surface area contributed by atoms with Crippen molar-refractivity contribution in [3.63, 3.8) is 0 Å². The lowest BCUT2D eigenvalue weighted by molar-refractivity contribution is 0.314. The van der Waals surface area contributed by atoms with Gasteiger partial charge in [-0.15, -0.1) is 0 Å². The van der Waals surface area contributed by atoms with E-state index in [9.17, 15) is 8.42 Å². The zero-order chi connectivity index (χ0) is 18.2. The fourth-order valence-electron chi connectivity index (χ4n) is 3.10. The van der Waals surface area contributed by atoms with Crippen LogP contribution in [-0.2, 0) is 10.0 Å². The molecule has 25 heavy (non-hydrogen) atoms. The van der Waals surface area contributed by atoms with Crippen LogP contribution in [0, 0.1) is 13.8 Å². The number of hydrogen-bond acceptors (Lipinski definition) is 6. The molecule has 0 spiro atoms. The Balaban J connectivity index is 2.15. The van der Waals surface area contributed by atoms with Crippen LogP contribution < -0.4 is 0 Å². The summed E-state index contributed by atoms with van der Waals surface area (Å²) in [6.07, 6.45) is 2.26. The maximum atomic E-state index is 13.3. The highest BCUT2D eigenvalue weighted by atomic mass is 32.2. The molecule has 3 rings (SSSR count). The number of aromatic nitrogens is 3. The van der Waals surface area contributed by atoms with E-state index >= 15 is 0 Å². The summed E-state index contributed by atoms with van der Waals surface area (Å²) < 4.78 is 32.8. The van der Waals surface area contributed by atoms with Gasteiger partial charge in [0.1, 0.15) is 10.4 Å². The first-order valence-electron chi connectivity index (χ1n) is 7.99. The molecule has 0 saturated carbocycles. The fraction of sp³-hybridized carbons (Fsp3) is 0.353. The van der Waals surface area contributed by atoms with E-state index in [1.807, 2.05) is 26.0 Å². The second-order valence-corrected chi connectivity index (χ2v) is 7.94. The van der Waals surface area contributed by atoms with Crippen molar-refractivity contribution in [3.05, 3.63) is 47.3 Å². The van der Waals surface area contributed by atoms with Crippen molar-refractivity contribution in [2.45, 2.75) is 38.1 Å². The number of benzene rings is 1. The first-order valence-corrected chi connectivity index (χ1v) is 9.43. The van der Waals surface area contributed by atoms with E-state index in [1.54, 1.807) is 32.3 Å². The zero-order valence-electron chi connectivity index (χ0n) is 14.6. The molecule has 132 valence electrons. The van der Waals surface area contributed by atoms with Crippen LogP contribution in [0.15, 0.2) is 40.0 Å². The third-order valence-electron chi connectivity index (χ3n) is 4.36. The minimum atomic E-state index is -3.81. The molecule has 7 nitrogen and oxygen atoms in total. The molecule has 3 aromatic rings. The van der Waals surface area contributed by atoms with Crippen molar-refractivity contribution in [1.29, 1.82) is 0 Å². The highest BCUT2D eigenvalue weighted by molar-refractivity contribution is 7.89. The molecule has 2 heterocycles. The van der Waals surface area contributed by atoms with Gasteiger partial charge in [0.15, 0.2) is 5.52 Å². The van der Waals surface area contributed by atoms with Crippen LogP contribution in [0.5, 0.6) is 0 Å². The molecular formula is C17H20N4O3S. The van der Waals surface area contributed by atoms with Crippen LogP contribution in [-0.4, -0.2) is 35.1 Å². The Morgan fingerprint density at radius 3 is 2.52 bits per heavy atom. The number of sulfonamides is 1. The average molecular weight is 360 g/mol. The summed E-state index contributed by atoms with van der Waals surface area (Å²) >= 11 is 0. The minimum absolute atomic E-state index is 0.131. The summed E-state index contributed by atoms with van der Waals surface area (Å²) in [5, 5.41) is 7.67. The van der Waals surface area contributed by atoms with Crippen LogP contribution in [0.4, 0.5) is 0 Å². The predicted octanol–water partition coefficient (Wildman–Crippen LogP) is 3.01. The number of fused-ring (bicyclic) bond motifs is 1. The number of aryl methyl sites for hydroxylation is 2. The average Bonchev–Trinajstić information content (AvgIpc) is 3.06. The molecule has 0 fully saturated rings. The largest absolute Gasteiger partial charge is 0.260 e. The molecule has 0 aliphatic carbocycles. The first-order chi connectivity index (χ1) is 11.9. The summed E-state index contributed by atoms with van der Waals surface area (Å²) in [5.41, 5.74) is 2.87. The second kappa shape index (κ2) is 6.53. The highest BCUT2D eigenvalue weighted by Gasteiger charge is 2.33. The van der Waals surface area contributed by atoms with Crippen molar-refractivity contribution in [1.82, 2.24) is 19.6 Å². The maximum Gasteiger partial charge on any atom is 0.246 e. The Kier molecular flexibility index (Phi) is 4.57. The molecule has 0 saturated heterocycles. The molecule has 0 radical (unpaired) electrons. The van der Waals surface area contributed by atoms with Crippen molar-refractivity contribution < 1.29 is 13.0 Å². The third-order valence-corrected chi connectivity index (χ3v) is 6.40. The summed E-state index contributed by atoms with van der Waals surface area (Å²) in [7, 11) is -2.25. The number of pyridine rings is 1. The summed E-state index contributed by atoms with van der Waals surface area (Å²) in [5.74, 6) is 0. The van der Waals surface area contributed by atoms with E-state index in [0.29, 0.717) is 23.2 Å². The summed E-state index contributed by atoms with van der Waals surface area (Å²) in [6.45, 7) is 5.53. The van der Waals surface area contributed by atoms with E-state index in [2.05, 4.69) is 15.3 Å². The third kappa shape index (κ3) is 2.91. The van der Waals surface area contributed by atoms with Crippen molar-refractivity contribution in [3.8, 4) is 0 Å². The molecule has 1 atom stereocenters. The Labute approximate surface area is 146 Å². The van der Waals surface area contributed by atoms with Crippen molar-refractivity contribution >= 4 is 21.1 Å². The van der Waals surface area contributed by atoms with E-state index < -0.39 is 10.0 Å². The molecule has 0 aliphatic rings. The van der Waals surface area contributed by atoms with Gasteiger partial charge in [0.25, 0.3) is 0 Å². The lowest BCUT2D eigenvalue weighted by Gasteiger charge is -2.26. The van der Waals surface area contributed by atoms with Gasteiger partial charge in [0, 0.05) is 13.2 Å². The Morgan fingerprint density at radius 1 is 1.16 bits per heavy atom. The number of rotatable bonds is 5. The quantitative estimate of drug-likeness (QED) is 0.695. The lowest BCUT2D eigenvalue weighted by Crippen LogP contribution is -2.32. The SMILES string of the molecule is CCC(c1ccccn1)N(C)S(=O)(=O)c1c(C)cc(C)c2nonc12. The second-order valence-electron chi connectivity index (χ2n) is 6.00. The van der Waals surface area contributed by atoms with E-state index in [4.69, 9.17) is 4.63 Å². The van der Waals surface area contributed by atoms with Gasteiger partial charge in [-0.25, -0.2) is 13.0 Å². The molecular weight excluding hydrogens is 340 g/mol. The molecule has 1 aromatic carbocycles. The van der Waals surface area contributed by atoms with Gasteiger partial charge in [0.05, 0.1) is 11.7 Å². The van der Waals surface area contributed by atoms with Gasteiger partial charge in [-0.05, 0) is 53.8 Å². The van der Waals surface area contributed by atoms with E-state index in [-0.39, 0.29) is 16.5 Å². The number of nitrogens with zero attached hydrogens (tertiary/aromatic N) is 4. The molecule has 0 bridgehead atoms. The summed E-state index contributed by atoms with van der Waals surface area (Å²) in [6, 6.07) is 6.90. The minimum Gasteiger partial charge on any atom is -0.260 e. The topological polar surface area (TPSA) is 89.2 Å². The maximum absolute atomic E-state index is 13.3. The van der Waals surface area contributed by atoms with Crippen molar-refractivity contribution in [2.24, 2.45) is 0 Å². The predicted molar refractivity (Wildman–Crippen MR) is 93.5 cm³/mol. The first kappa shape index (κ1) is 17.5. The monoisotopic (exact) mass is 360 g/mol. The Morgan fingerprint density at radius 2 is 1.88 bits per heavy atom. The van der Waals surface area contributed by atoms with Crippen molar-refractivity contribution in [2.75, 3.05) is 7.05 Å². The van der Waals surface area contributed by atoms with E-state index in [0.717, 1.165) is 5.56 Å². The van der Waals surface area contributed by atoms with Gasteiger partial charge in [0.2, 0.25) is 10.0 Å². The molecule has 0 N–H and O–H groups in total. The smallest absolute Gasteiger partial charge is 0.246 e. The molecule has 0 amide bonds. The normalized spacial score (nSPS) is 13.5. The Hall–Kier alpha value is -2.32. The van der Waals surface area contributed by atoms with Gasteiger partial charge in [-0.2, -0.15) is 4.31 Å². The standard InChI is InChI=1S/C17H20N4O3S/c1-5-14(13-8-6-7-9-18-13)21(4)25(22,23)17-12(3)10-11(2)15-16(17)20-24-19-15/h6-10,14H,5H2,1-4H3. The molecule has 1 unspecified atom stereocenters. The zero-order valence-corrected chi connectivity index (χ0v) is 15.4. The summed E-state index contributed by atoms with van der Waals surface area (Å²) in [4.78, 5) is 4.45. The number of hydrogen-bond donors (Lipinski definition) is 0.